The van der Waals surface area contributed by atoms with Crippen LogP contribution in [0, 0.1) is 0 Å². The number of fused-ring (bicyclic) bond motifs is 1. The van der Waals surface area contributed by atoms with Gasteiger partial charge in [-0.1, -0.05) is 30.3 Å². The zero-order chi connectivity index (χ0) is 11.5. The first-order valence-corrected chi connectivity index (χ1v) is 5.05. The molecule has 0 aliphatic carbocycles. The van der Waals surface area contributed by atoms with Crippen molar-refractivity contribution in [3.63, 3.8) is 0 Å². The molecule has 3 heteroatoms. The molecule has 0 aliphatic heterocycles. The molecular weight excluding hydrogens is 204 g/mol. The van der Waals surface area contributed by atoms with Gasteiger partial charge in [-0.2, -0.15) is 0 Å². The molecule has 0 saturated carbocycles. The van der Waals surface area contributed by atoms with Crippen molar-refractivity contribution >= 4 is 16.7 Å². The fourth-order valence-corrected chi connectivity index (χ4v) is 1.43. The van der Waals surface area contributed by atoms with Crippen LogP contribution in [0.15, 0.2) is 42.5 Å². The standard InChI is InChI=1S/C13H12O3/c1-9(14)13(15)16-12-7-6-10-4-2-3-5-11(10)8-12/h2-9,14H,1H3/t9-/m1/s1. The lowest BCUT2D eigenvalue weighted by atomic mass is 10.1. The summed E-state index contributed by atoms with van der Waals surface area (Å²) in [6.45, 7) is 1.38. The van der Waals surface area contributed by atoms with Crippen molar-refractivity contribution in [2.45, 2.75) is 13.0 Å². The predicted molar refractivity (Wildman–Crippen MR) is 61.3 cm³/mol. The minimum atomic E-state index is -1.11. The third kappa shape index (κ3) is 2.20. The molecule has 2 aromatic carbocycles. The summed E-state index contributed by atoms with van der Waals surface area (Å²) >= 11 is 0. The molecule has 0 aliphatic rings. The maximum atomic E-state index is 11.2. The van der Waals surface area contributed by atoms with Crippen LogP contribution in [0.3, 0.4) is 0 Å². The fourth-order valence-electron chi connectivity index (χ4n) is 1.43. The van der Waals surface area contributed by atoms with Gasteiger partial charge in [0, 0.05) is 0 Å². The maximum absolute atomic E-state index is 11.2. The number of ether oxygens (including phenoxy) is 1. The van der Waals surface area contributed by atoms with Crippen molar-refractivity contribution in [3.05, 3.63) is 42.5 Å². The van der Waals surface area contributed by atoms with Crippen LogP contribution in [-0.2, 0) is 4.79 Å². The number of hydrogen-bond donors (Lipinski definition) is 1. The molecule has 0 aromatic heterocycles. The molecule has 0 unspecified atom stereocenters. The molecule has 0 amide bonds. The van der Waals surface area contributed by atoms with Gasteiger partial charge in [-0.15, -0.1) is 0 Å². The first-order valence-electron chi connectivity index (χ1n) is 5.05. The number of carbonyl (C=O) groups is 1. The predicted octanol–water partition coefficient (Wildman–Crippen LogP) is 2.13. The molecule has 1 N–H and O–H groups in total. The van der Waals surface area contributed by atoms with E-state index < -0.39 is 12.1 Å². The lowest BCUT2D eigenvalue weighted by Crippen LogP contribution is -2.22. The van der Waals surface area contributed by atoms with Crippen molar-refractivity contribution < 1.29 is 14.6 Å². The zero-order valence-corrected chi connectivity index (χ0v) is 8.88. The molecule has 1 atom stereocenters. The van der Waals surface area contributed by atoms with Crippen LogP contribution in [-0.4, -0.2) is 17.2 Å². The largest absolute Gasteiger partial charge is 0.425 e. The van der Waals surface area contributed by atoms with Gasteiger partial charge < -0.3 is 9.84 Å². The van der Waals surface area contributed by atoms with E-state index in [1.807, 2.05) is 30.3 Å². The molecule has 2 rings (SSSR count). The Labute approximate surface area is 93.3 Å². The molecule has 0 saturated heterocycles. The van der Waals surface area contributed by atoms with Gasteiger partial charge >= 0.3 is 5.97 Å². The highest BCUT2D eigenvalue weighted by molar-refractivity contribution is 5.85. The molecule has 2 aromatic rings. The highest BCUT2D eigenvalue weighted by Crippen LogP contribution is 2.20. The number of esters is 1. The molecule has 0 fully saturated rings. The normalized spacial score (nSPS) is 12.4. The lowest BCUT2D eigenvalue weighted by molar-refractivity contribution is -0.142. The Bertz CT molecular complexity index is 517. The summed E-state index contributed by atoms with van der Waals surface area (Å²) in [6.07, 6.45) is -1.11. The van der Waals surface area contributed by atoms with Crippen molar-refractivity contribution in [1.82, 2.24) is 0 Å². The minimum absolute atomic E-state index is 0.449. The summed E-state index contributed by atoms with van der Waals surface area (Å²) in [6, 6.07) is 13.1. The first kappa shape index (κ1) is 10.6. The third-order valence-corrected chi connectivity index (χ3v) is 2.28. The topological polar surface area (TPSA) is 46.5 Å². The average Bonchev–Trinajstić information content (AvgIpc) is 2.28. The fraction of sp³-hybridized carbons (Fsp3) is 0.154. The first-order chi connectivity index (χ1) is 7.66. The SMILES string of the molecule is C[C@@H](O)C(=O)Oc1ccc2ccccc2c1. The van der Waals surface area contributed by atoms with E-state index in [0.29, 0.717) is 5.75 Å². The third-order valence-electron chi connectivity index (χ3n) is 2.28. The molecule has 16 heavy (non-hydrogen) atoms. The van der Waals surface area contributed by atoms with Crippen LogP contribution in [0.25, 0.3) is 10.8 Å². The number of aliphatic hydroxyl groups is 1. The van der Waals surface area contributed by atoms with Crippen LogP contribution < -0.4 is 4.74 Å². The van der Waals surface area contributed by atoms with Gasteiger partial charge in [0.15, 0.2) is 0 Å². The van der Waals surface area contributed by atoms with Crippen molar-refractivity contribution in [1.29, 1.82) is 0 Å². The van der Waals surface area contributed by atoms with Crippen LogP contribution in [0.2, 0.25) is 0 Å². The second-order valence-electron chi connectivity index (χ2n) is 3.61. The van der Waals surface area contributed by atoms with Gasteiger partial charge in [-0.05, 0) is 29.8 Å². The van der Waals surface area contributed by atoms with Crippen molar-refractivity contribution in [2.24, 2.45) is 0 Å². The highest BCUT2D eigenvalue weighted by Gasteiger charge is 2.11. The molecule has 82 valence electrons. The number of benzene rings is 2. The number of rotatable bonds is 2. The number of aliphatic hydroxyl groups excluding tert-OH is 1. The summed E-state index contributed by atoms with van der Waals surface area (Å²) < 4.78 is 4.99. The Morgan fingerprint density at radius 3 is 2.56 bits per heavy atom. The zero-order valence-electron chi connectivity index (χ0n) is 8.88. The van der Waals surface area contributed by atoms with Gasteiger partial charge in [0.2, 0.25) is 0 Å². The van der Waals surface area contributed by atoms with E-state index in [1.165, 1.54) is 6.92 Å². The lowest BCUT2D eigenvalue weighted by Gasteiger charge is -2.06. The van der Waals surface area contributed by atoms with E-state index >= 15 is 0 Å². The Morgan fingerprint density at radius 2 is 1.88 bits per heavy atom. The quantitative estimate of drug-likeness (QED) is 0.618. The monoisotopic (exact) mass is 216 g/mol. The Hall–Kier alpha value is -1.87. The van der Waals surface area contributed by atoms with Gasteiger partial charge in [0.05, 0.1) is 0 Å². The molecule has 0 radical (unpaired) electrons. The van der Waals surface area contributed by atoms with Gasteiger partial charge in [-0.3, -0.25) is 0 Å². The van der Waals surface area contributed by atoms with Gasteiger partial charge in [0.25, 0.3) is 0 Å². The van der Waals surface area contributed by atoms with E-state index in [-0.39, 0.29) is 0 Å². The Kier molecular flexibility index (Phi) is 2.88. The van der Waals surface area contributed by atoms with Crippen LogP contribution in [0.1, 0.15) is 6.92 Å². The van der Waals surface area contributed by atoms with E-state index in [9.17, 15) is 4.79 Å². The summed E-state index contributed by atoms with van der Waals surface area (Å²) in [4.78, 5) is 11.2. The van der Waals surface area contributed by atoms with E-state index in [1.54, 1.807) is 12.1 Å². The molecule has 0 heterocycles. The summed E-state index contributed by atoms with van der Waals surface area (Å²) in [5, 5.41) is 11.1. The summed E-state index contributed by atoms with van der Waals surface area (Å²) in [7, 11) is 0. The van der Waals surface area contributed by atoms with E-state index in [2.05, 4.69) is 0 Å². The number of hydrogen-bond acceptors (Lipinski definition) is 3. The minimum Gasteiger partial charge on any atom is -0.425 e. The summed E-state index contributed by atoms with van der Waals surface area (Å²) in [5.74, 6) is -0.195. The second kappa shape index (κ2) is 4.33. The molecular formula is C13H12O3. The van der Waals surface area contributed by atoms with Crippen molar-refractivity contribution in [3.8, 4) is 5.75 Å². The average molecular weight is 216 g/mol. The molecule has 0 spiro atoms. The molecule has 0 bridgehead atoms. The maximum Gasteiger partial charge on any atom is 0.340 e. The smallest absolute Gasteiger partial charge is 0.340 e. The van der Waals surface area contributed by atoms with Crippen LogP contribution in [0.4, 0.5) is 0 Å². The van der Waals surface area contributed by atoms with Crippen molar-refractivity contribution in [2.75, 3.05) is 0 Å². The number of carbonyl (C=O) groups excluding carboxylic acids is 1. The van der Waals surface area contributed by atoms with Crippen LogP contribution >= 0.6 is 0 Å². The Morgan fingerprint density at radius 1 is 1.19 bits per heavy atom. The Balaban J connectivity index is 2.29. The van der Waals surface area contributed by atoms with Gasteiger partial charge in [0.1, 0.15) is 11.9 Å². The highest BCUT2D eigenvalue weighted by atomic mass is 16.5. The van der Waals surface area contributed by atoms with E-state index in [4.69, 9.17) is 9.84 Å². The molecule has 3 nitrogen and oxygen atoms in total. The second-order valence-corrected chi connectivity index (χ2v) is 3.61. The van der Waals surface area contributed by atoms with E-state index in [0.717, 1.165) is 10.8 Å². The van der Waals surface area contributed by atoms with Gasteiger partial charge in [-0.25, -0.2) is 4.79 Å². The van der Waals surface area contributed by atoms with Crippen LogP contribution in [0.5, 0.6) is 5.75 Å². The summed E-state index contributed by atoms with van der Waals surface area (Å²) in [5.41, 5.74) is 0.